The number of aryl methyl sites for hydroxylation is 1. The van der Waals surface area contributed by atoms with Crippen molar-refractivity contribution in [3.8, 4) is 11.5 Å². The Kier molecular flexibility index (Phi) is 3.39. The van der Waals surface area contributed by atoms with Crippen LogP contribution in [0.5, 0.6) is 11.5 Å². The predicted molar refractivity (Wildman–Crippen MR) is 76.5 cm³/mol. The van der Waals surface area contributed by atoms with E-state index >= 15 is 0 Å². The summed E-state index contributed by atoms with van der Waals surface area (Å²) in [6.07, 6.45) is 5.27. The van der Waals surface area contributed by atoms with Gasteiger partial charge in [-0.05, 0) is 36.6 Å². The van der Waals surface area contributed by atoms with Gasteiger partial charge in [0, 0.05) is 18.2 Å². The van der Waals surface area contributed by atoms with Gasteiger partial charge in [0.25, 0.3) is 0 Å². The van der Waals surface area contributed by atoms with Crippen molar-refractivity contribution in [1.29, 1.82) is 0 Å². The lowest BCUT2D eigenvalue weighted by Crippen LogP contribution is -2.11. The zero-order chi connectivity index (χ0) is 14.8. The van der Waals surface area contributed by atoms with E-state index in [4.69, 9.17) is 10.5 Å². The molecular formula is C16H14N2O3. The summed E-state index contributed by atoms with van der Waals surface area (Å²) in [5, 5.41) is 0. The number of pyridine rings is 1. The van der Waals surface area contributed by atoms with Crippen molar-refractivity contribution in [3.63, 3.8) is 0 Å². The number of Topliss-reactive ketones (excluding diaryl/α,β-unsaturated/α-hetero) is 1. The quantitative estimate of drug-likeness (QED) is 0.937. The van der Waals surface area contributed by atoms with Crippen LogP contribution in [0, 0.1) is 0 Å². The van der Waals surface area contributed by atoms with Crippen molar-refractivity contribution in [1.82, 2.24) is 4.98 Å². The SMILES string of the molecule is NC(=O)c1cncc(Oc2ccc3c(c2)C(=O)CCC3)c1. The summed E-state index contributed by atoms with van der Waals surface area (Å²) in [6, 6.07) is 6.99. The number of aromatic nitrogens is 1. The Morgan fingerprint density at radius 2 is 2.00 bits per heavy atom. The van der Waals surface area contributed by atoms with E-state index in [1.807, 2.05) is 12.1 Å². The Bertz CT molecular complexity index is 725. The summed E-state index contributed by atoms with van der Waals surface area (Å²) in [5.74, 6) is 0.543. The molecule has 1 heterocycles. The highest BCUT2D eigenvalue weighted by atomic mass is 16.5. The van der Waals surface area contributed by atoms with Gasteiger partial charge in [0.05, 0.1) is 11.8 Å². The normalized spacial score (nSPS) is 13.6. The van der Waals surface area contributed by atoms with Gasteiger partial charge in [-0.1, -0.05) is 6.07 Å². The molecule has 1 aromatic heterocycles. The lowest BCUT2D eigenvalue weighted by Gasteiger charge is -2.15. The highest BCUT2D eigenvalue weighted by molar-refractivity contribution is 5.98. The number of nitrogens with zero attached hydrogens (tertiary/aromatic N) is 1. The van der Waals surface area contributed by atoms with Gasteiger partial charge in [-0.15, -0.1) is 0 Å². The Labute approximate surface area is 121 Å². The lowest BCUT2D eigenvalue weighted by atomic mass is 9.90. The molecule has 1 aliphatic rings. The number of ketones is 1. The highest BCUT2D eigenvalue weighted by Gasteiger charge is 2.17. The van der Waals surface area contributed by atoms with Gasteiger partial charge in [-0.25, -0.2) is 0 Å². The molecule has 21 heavy (non-hydrogen) atoms. The Morgan fingerprint density at radius 3 is 2.81 bits per heavy atom. The minimum Gasteiger partial charge on any atom is -0.456 e. The number of hydrogen-bond donors (Lipinski definition) is 1. The predicted octanol–water partition coefficient (Wildman–Crippen LogP) is 2.49. The Morgan fingerprint density at radius 1 is 1.14 bits per heavy atom. The summed E-state index contributed by atoms with van der Waals surface area (Å²) in [6.45, 7) is 0. The van der Waals surface area contributed by atoms with E-state index in [1.54, 1.807) is 6.07 Å². The first kappa shape index (κ1) is 13.3. The maximum atomic E-state index is 11.9. The van der Waals surface area contributed by atoms with Crippen molar-refractivity contribution in [2.45, 2.75) is 19.3 Å². The van der Waals surface area contributed by atoms with Crippen LogP contribution in [-0.4, -0.2) is 16.7 Å². The molecule has 2 aromatic rings. The molecule has 2 N–H and O–H groups in total. The van der Waals surface area contributed by atoms with E-state index in [0.29, 0.717) is 17.9 Å². The average molecular weight is 282 g/mol. The van der Waals surface area contributed by atoms with Crippen molar-refractivity contribution in [2.24, 2.45) is 5.73 Å². The highest BCUT2D eigenvalue weighted by Crippen LogP contribution is 2.28. The summed E-state index contributed by atoms with van der Waals surface area (Å²) >= 11 is 0. The van der Waals surface area contributed by atoms with Gasteiger partial charge in [0.15, 0.2) is 5.78 Å². The van der Waals surface area contributed by atoms with Crippen LogP contribution < -0.4 is 10.5 Å². The standard InChI is InChI=1S/C16H14N2O3/c17-16(20)11-6-13(9-18-8-11)21-12-5-4-10-2-1-3-15(19)14(10)7-12/h4-9H,1-3H2,(H2,17,20). The summed E-state index contributed by atoms with van der Waals surface area (Å²) < 4.78 is 5.66. The fourth-order valence-corrected chi connectivity index (χ4v) is 2.42. The molecule has 1 aromatic carbocycles. The second kappa shape index (κ2) is 5.36. The molecule has 0 aliphatic heterocycles. The molecule has 0 unspecified atom stereocenters. The first-order valence-corrected chi connectivity index (χ1v) is 6.72. The first-order chi connectivity index (χ1) is 10.1. The van der Waals surface area contributed by atoms with Gasteiger partial charge in [0.1, 0.15) is 11.5 Å². The van der Waals surface area contributed by atoms with Crippen molar-refractivity contribution < 1.29 is 14.3 Å². The van der Waals surface area contributed by atoms with Crippen molar-refractivity contribution >= 4 is 11.7 Å². The van der Waals surface area contributed by atoms with Crippen LogP contribution in [0.15, 0.2) is 36.7 Å². The molecule has 0 radical (unpaired) electrons. The molecule has 3 rings (SSSR count). The minimum atomic E-state index is -0.562. The van der Waals surface area contributed by atoms with Crippen LogP contribution in [-0.2, 0) is 6.42 Å². The fraction of sp³-hybridized carbons (Fsp3) is 0.188. The second-order valence-electron chi connectivity index (χ2n) is 4.97. The largest absolute Gasteiger partial charge is 0.456 e. The molecule has 1 amide bonds. The molecule has 0 fully saturated rings. The smallest absolute Gasteiger partial charge is 0.250 e. The third-order valence-electron chi connectivity index (χ3n) is 3.47. The maximum Gasteiger partial charge on any atom is 0.250 e. The second-order valence-corrected chi connectivity index (χ2v) is 4.97. The van der Waals surface area contributed by atoms with E-state index in [2.05, 4.69) is 4.98 Å². The van der Waals surface area contributed by atoms with E-state index in [0.717, 1.165) is 24.0 Å². The average Bonchev–Trinajstić information content (AvgIpc) is 2.48. The number of amides is 1. The van der Waals surface area contributed by atoms with Crippen LogP contribution in [0.1, 0.15) is 39.1 Å². The monoisotopic (exact) mass is 282 g/mol. The minimum absolute atomic E-state index is 0.144. The van der Waals surface area contributed by atoms with Crippen LogP contribution >= 0.6 is 0 Å². The molecule has 1 aliphatic carbocycles. The Hall–Kier alpha value is -2.69. The maximum absolute atomic E-state index is 11.9. The van der Waals surface area contributed by atoms with Crippen LogP contribution in [0.2, 0.25) is 0 Å². The number of nitrogens with two attached hydrogens (primary N) is 1. The Balaban J connectivity index is 1.88. The van der Waals surface area contributed by atoms with Gasteiger partial charge in [-0.3, -0.25) is 14.6 Å². The van der Waals surface area contributed by atoms with Gasteiger partial charge >= 0.3 is 0 Å². The fourth-order valence-electron chi connectivity index (χ4n) is 2.42. The van der Waals surface area contributed by atoms with Gasteiger partial charge in [-0.2, -0.15) is 0 Å². The molecule has 5 nitrogen and oxygen atoms in total. The number of benzene rings is 1. The van der Waals surface area contributed by atoms with Crippen LogP contribution in [0.3, 0.4) is 0 Å². The van der Waals surface area contributed by atoms with Crippen molar-refractivity contribution in [2.75, 3.05) is 0 Å². The van der Waals surface area contributed by atoms with E-state index in [-0.39, 0.29) is 11.3 Å². The number of carbonyl (C=O) groups is 2. The molecule has 0 saturated carbocycles. The molecular weight excluding hydrogens is 268 g/mol. The third kappa shape index (κ3) is 2.76. The topological polar surface area (TPSA) is 82.3 Å². The van der Waals surface area contributed by atoms with Crippen LogP contribution in [0.4, 0.5) is 0 Å². The number of rotatable bonds is 3. The molecule has 0 bridgehead atoms. The third-order valence-corrected chi connectivity index (χ3v) is 3.47. The lowest BCUT2D eigenvalue weighted by molar-refractivity contribution is 0.0970. The number of carbonyl (C=O) groups excluding carboxylic acids is 2. The van der Waals surface area contributed by atoms with E-state index in [1.165, 1.54) is 18.5 Å². The zero-order valence-electron chi connectivity index (χ0n) is 11.3. The molecule has 0 saturated heterocycles. The van der Waals surface area contributed by atoms with Gasteiger partial charge < -0.3 is 10.5 Å². The molecule has 5 heteroatoms. The summed E-state index contributed by atoms with van der Waals surface area (Å²) in [5.41, 5.74) is 7.26. The number of primary amides is 1. The van der Waals surface area contributed by atoms with Crippen LogP contribution in [0.25, 0.3) is 0 Å². The number of ether oxygens (including phenoxy) is 1. The zero-order valence-corrected chi connectivity index (χ0v) is 11.3. The van der Waals surface area contributed by atoms with E-state index < -0.39 is 5.91 Å². The number of hydrogen-bond acceptors (Lipinski definition) is 4. The summed E-state index contributed by atoms with van der Waals surface area (Å²) in [7, 11) is 0. The molecule has 0 spiro atoms. The first-order valence-electron chi connectivity index (χ1n) is 6.72. The van der Waals surface area contributed by atoms with Gasteiger partial charge in [0.2, 0.25) is 5.91 Å². The van der Waals surface area contributed by atoms with Crippen molar-refractivity contribution in [3.05, 3.63) is 53.3 Å². The number of fused-ring (bicyclic) bond motifs is 1. The molecule has 106 valence electrons. The molecule has 0 atom stereocenters. The summed E-state index contributed by atoms with van der Waals surface area (Å²) in [4.78, 5) is 26.9. The van der Waals surface area contributed by atoms with E-state index in [9.17, 15) is 9.59 Å².